The monoisotopic (exact) mass is 289 g/mol. The van der Waals surface area contributed by atoms with Gasteiger partial charge in [-0.15, -0.1) is 0 Å². The van der Waals surface area contributed by atoms with Gasteiger partial charge in [0, 0.05) is 18.8 Å². The summed E-state index contributed by atoms with van der Waals surface area (Å²) in [7, 11) is 0. The molecule has 0 aliphatic carbocycles. The number of piperidine rings is 1. The van der Waals surface area contributed by atoms with Gasteiger partial charge in [0.25, 0.3) is 5.91 Å². The Hall–Kier alpha value is -1.55. The molecule has 4 heteroatoms. The molecule has 1 aromatic rings. The Kier molecular flexibility index (Phi) is 6.54. The summed E-state index contributed by atoms with van der Waals surface area (Å²) in [6, 6.07) is 7.68. The minimum atomic E-state index is 0.0187. The second kappa shape index (κ2) is 8.67. The number of nitrogens with one attached hydrogen (secondary N) is 2. The van der Waals surface area contributed by atoms with Gasteiger partial charge >= 0.3 is 0 Å². The third-order valence-corrected chi connectivity index (χ3v) is 3.92. The van der Waals surface area contributed by atoms with Crippen molar-refractivity contribution in [1.82, 2.24) is 10.2 Å². The van der Waals surface area contributed by atoms with Crippen molar-refractivity contribution in [3.8, 4) is 0 Å². The van der Waals surface area contributed by atoms with Gasteiger partial charge in [0.2, 0.25) is 0 Å². The van der Waals surface area contributed by atoms with Crippen LogP contribution in [0.15, 0.2) is 24.3 Å². The van der Waals surface area contributed by atoms with Crippen LogP contribution in [-0.2, 0) is 0 Å². The summed E-state index contributed by atoms with van der Waals surface area (Å²) in [5, 5.41) is 6.26. The molecule has 4 nitrogen and oxygen atoms in total. The fourth-order valence-corrected chi connectivity index (χ4v) is 2.81. The molecule has 0 spiro atoms. The predicted octanol–water partition coefficient (Wildman–Crippen LogP) is 2.72. The van der Waals surface area contributed by atoms with Crippen LogP contribution in [0.1, 0.15) is 43.0 Å². The number of rotatable bonds is 7. The Morgan fingerprint density at radius 1 is 1.19 bits per heavy atom. The molecule has 0 saturated carbocycles. The first-order valence-corrected chi connectivity index (χ1v) is 8.14. The number of carbonyl (C=O) groups is 1. The van der Waals surface area contributed by atoms with Crippen molar-refractivity contribution in [1.29, 1.82) is 0 Å². The van der Waals surface area contributed by atoms with Gasteiger partial charge in [0.15, 0.2) is 0 Å². The molecular formula is C17H27N3O. The first-order chi connectivity index (χ1) is 10.3. The fraction of sp³-hybridized carbons (Fsp3) is 0.588. The van der Waals surface area contributed by atoms with E-state index in [1.165, 1.54) is 32.4 Å². The lowest BCUT2D eigenvalue weighted by Gasteiger charge is -2.26. The van der Waals surface area contributed by atoms with E-state index in [0.717, 1.165) is 37.3 Å². The van der Waals surface area contributed by atoms with E-state index in [1.54, 1.807) is 0 Å². The molecule has 1 aliphatic heterocycles. The lowest BCUT2D eigenvalue weighted by molar-refractivity contribution is 0.0952. The predicted molar refractivity (Wildman–Crippen MR) is 87.8 cm³/mol. The fourth-order valence-electron chi connectivity index (χ4n) is 2.81. The summed E-state index contributed by atoms with van der Waals surface area (Å²) in [4.78, 5) is 14.7. The number of para-hydroxylation sites is 1. The molecule has 1 amide bonds. The largest absolute Gasteiger partial charge is 0.385 e. The van der Waals surface area contributed by atoms with Crippen LogP contribution in [0.5, 0.6) is 0 Å². The summed E-state index contributed by atoms with van der Waals surface area (Å²) >= 11 is 0. The van der Waals surface area contributed by atoms with Gasteiger partial charge in [-0.05, 0) is 58.0 Å². The van der Waals surface area contributed by atoms with E-state index in [9.17, 15) is 4.79 Å². The topological polar surface area (TPSA) is 44.4 Å². The molecule has 1 fully saturated rings. The molecule has 2 N–H and O–H groups in total. The standard InChI is InChI=1S/C17H27N3O/c1-2-18-16-10-5-4-9-15(16)17(21)19-11-8-14-20-12-6-3-7-13-20/h4-5,9-10,18H,2-3,6-8,11-14H2,1H3,(H,19,21). The highest BCUT2D eigenvalue weighted by Crippen LogP contribution is 2.14. The van der Waals surface area contributed by atoms with Gasteiger partial charge < -0.3 is 15.5 Å². The number of hydrogen-bond acceptors (Lipinski definition) is 3. The summed E-state index contributed by atoms with van der Waals surface area (Å²) < 4.78 is 0. The minimum Gasteiger partial charge on any atom is -0.385 e. The van der Waals surface area contributed by atoms with Crippen LogP contribution in [0.3, 0.4) is 0 Å². The van der Waals surface area contributed by atoms with E-state index in [0.29, 0.717) is 0 Å². The Morgan fingerprint density at radius 3 is 2.71 bits per heavy atom. The highest BCUT2D eigenvalue weighted by atomic mass is 16.1. The van der Waals surface area contributed by atoms with Gasteiger partial charge in [0.1, 0.15) is 0 Å². The molecule has 116 valence electrons. The van der Waals surface area contributed by atoms with Gasteiger partial charge in [-0.25, -0.2) is 0 Å². The number of likely N-dealkylation sites (tertiary alicyclic amines) is 1. The van der Waals surface area contributed by atoms with Crippen molar-refractivity contribution in [2.45, 2.75) is 32.6 Å². The van der Waals surface area contributed by atoms with Crippen LogP contribution >= 0.6 is 0 Å². The molecule has 0 radical (unpaired) electrons. The van der Waals surface area contributed by atoms with Crippen LogP contribution in [-0.4, -0.2) is 43.5 Å². The first-order valence-electron chi connectivity index (χ1n) is 8.14. The van der Waals surface area contributed by atoms with E-state index < -0.39 is 0 Å². The van der Waals surface area contributed by atoms with Crippen LogP contribution in [0, 0.1) is 0 Å². The highest BCUT2D eigenvalue weighted by molar-refractivity contribution is 5.99. The highest BCUT2D eigenvalue weighted by Gasteiger charge is 2.11. The average molecular weight is 289 g/mol. The molecule has 1 saturated heterocycles. The van der Waals surface area contributed by atoms with Crippen LogP contribution in [0.25, 0.3) is 0 Å². The Morgan fingerprint density at radius 2 is 1.95 bits per heavy atom. The summed E-state index contributed by atoms with van der Waals surface area (Å²) in [5.41, 5.74) is 1.64. The van der Waals surface area contributed by atoms with Gasteiger partial charge in [0.05, 0.1) is 5.56 Å². The van der Waals surface area contributed by atoms with Crippen molar-refractivity contribution in [3.05, 3.63) is 29.8 Å². The van der Waals surface area contributed by atoms with Crippen LogP contribution in [0.2, 0.25) is 0 Å². The quantitative estimate of drug-likeness (QED) is 0.759. The Balaban J connectivity index is 1.74. The Labute approximate surface area is 127 Å². The van der Waals surface area contributed by atoms with Crippen molar-refractivity contribution >= 4 is 11.6 Å². The summed E-state index contributed by atoms with van der Waals surface area (Å²) in [6.45, 7) is 7.13. The normalized spacial score (nSPS) is 15.7. The molecular weight excluding hydrogens is 262 g/mol. The lowest BCUT2D eigenvalue weighted by Crippen LogP contribution is -2.33. The zero-order valence-corrected chi connectivity index (χ0v) is 13.0. The number of carbonyl (C=O) groups excluding carboxylic acids is 1. The Bertz CT molecular complexity index is 441. The minimum absolute atomic E-state index is 0.0187. The molecule has 0 unspecified atom stereocenters. The molecule has 0 atom stereocenters. The molecule has 21 heavy (non-hydrogen) atoms. The third kappa shape index (κ3) is 5.05. The van der Waals surface area contributed by atoms with E-state index in [-0.39, 0.29) is 5.91 Å². The maximum absolute atomic E-state index is 12.2. The summed E-state index contributed by atoms with van der Waals surface area (Å²) in [6.07, 6.45) is 5.04. The van der Waals surface area contributed by atoms with E-state index >= 15 is 0 Å². The van der Waals surface area contributed by atoms with Crippen molar-refractivity contribution in [3.63, 3.8) is 0 Å². The van der Waals surface area contributed by atoms with Gasteiger partial charge in [-0.2, -0.15) is 0 Å². The van der Waals surface area contributed by atoms with Gasteiger partial charge in [-0.1, -0.05) is 18.6 Å². The maximum atomic E-state index is 12.2. The smallest absolute Gasteiger partial charge is 0.253 e. The zero-order chi connectivity index (χ0) is 14.9. The second-order valence-electron chi connectivity index (χ2n) is 5.59. The van der Waals surface area contributed by atoms with Gasteiger partial charge in [-0.3, -0.25) is 4.79 Å². The van der Waals surface area contributed by atoms with Crippen molar-refractivity contribution in [2.75, 3.05) is 38.0 Å². The lowest BCUT2D eigenvalue weighted by atomic mass is 10.1. The average Bonchev–Trinajstić information content (AvgIpc) is 2.53. The second-order valence-corrected chi connectivity index (χ2v) is 5.59. The van der Waals surface area contributed by atoms with E-state index in [1.807, 2.05) is 31.2 Å². The van der Waals surface area contributed by atoms with Crippen molar-refractivity contribution in [2.24, 2.45) is 0 Å². The number of benzene rings is 1. The third-order valence-electron chi connectivity index (χ3n) is 3.92. The number of anilines is 1. The zero-order valence-electron chi connectivity index (χ0n) is 13.0. The van der Waals surface area contributed by atoms with Crippen LogP contribution < -0.4 is 10.6 Å². The molecule has 1 aromatic carbocycles. The van der Waals surface area contributed by atoms with E-state index in [4.69, 9.17) is 0 Å². The van der Waals surface area contributed by atoms with E-state index in [2.05, 4.69) is 15.5 Å². The SMILES string of the molecule is CCNc1ccccc1C(=O)NCCCN1CCCCC1. The molecule has 0 bridgehead atoms. The summed E-state index contributed by atoms with van der Waals surface area (Å²) in [5.74, 6) is 0.0187. The number of nitrogens with zero attached hydrogens (tertiary/aromatic N) is 1. The van der Waals surface area contributed by atoms with Crippen molar-refractivity contribution < 1.29 is 4.79 Å². The van der Waals surface area contributed by atoms with Crippen LogP contribution in [0.4, 0.5) is 5.69 Å². The number of amides is 1. The molecule has 1 aliphatic rings. The molecule has 1 heterocycles. The maximum Gasteiger partial charge on any atom is 0.253 e. The molecule has 2 rings (SSSR count). The molecule has 0 aromatic heterocycles. The number of hydrogen-bond donors (Lipinski definition) is 2. The first kappa shape index (κ1) is 15.8.